The van der Waals surface area contributed by atoms with E-state index in [1.807, 2.05) is 38.1 Å². The molecule has 29 heavy (non-hydrogen) atoms. The van der Waals surface area contributed by atoms with Crippen LogP contribution >= 0.6 is 0 Å². The smallest absolute Gasteiger partial charge is 0.335 e. The molecule has 1 aromatic heterocycles. The van der Waals surface area contributed by atoms with Crippen LogP contribution in [0.5, 0.6) is 5.75 Å². The Kier molecular flexibility index (Phi) is 5.97. The molecular formula is C22H23N3O4. The second-order valence-electron chi connectivity index (χ2n) is 7.05. The SMILES string of the molecule is COc1ccc(-n2nc(-c3ccc(C(=O)O)cc3)cc2NC(=O)CC(C)C)cc1. The first-order valence-electron chi connectivity index (χ1n) is 9.25. The lowest BCUT2D eigenvalue weighted by molar-refractivity contribution is -0.116. The predicted octanol–water partition coefficient (Wildman–Crippen LogP) is 4.23. The molecule has 1 heterocycles. The summed E-state index contributed by atoms with van der Waals surface area (Å²) < 4.78 is 6.85. The van der Waals surface area contributed by atoms with E-state index in [1.54, 1.807) is 30.0 Å². The van der Waals surface area contributed by atoms with Gasteiger partial charge in [0.05, 0.1) is 24.1 Å². The number of carboxylic acid groups (broad SMARTS) is 1. The van der Waals surface area contributed by atoms with Crippen LogP contribution in [-0.4, -0.2) is 33.9 Å². The van der Waals surface area contributed by atoms with Crippen molar-refractivity contribution < 1.29 is 19.4 Å². The number of carboxylic acids is 1. The summed E-state index contributed by atoms with van der Waals surface area (Å²) in [7, 11) is 1.60. The molecule has 0 radical (unpaired) electrons. The van der Waals surface area contributed by atoms with Gasteiger partial charge in [-0.3, -0.25) is 4.79 Å². The number of anilines is 1. The van der Waals surface area contributed by atoms with Crippen LogP contribution in [0.1, 0.15) is 30.6 Å². The number of carbonyl (C=O) groups is 2. The van der Waals surface area contributed by atoms with E-state index in [2.05, 4.69) is 10.4 Å². The van der Waals surface area contributed by atoms with Gasteiger partial charge in [-0.05, 0) is 42.3 Å². The normalized spacial score (nSPS) is 10.8. The number of ether oxygens (including phenoxy) is 1. The summed E-state index contributed by atoms with van der Waals surface area (Å²) in [5, 5.41) is 16.6. The van der Waals surface area contributed by atoms with Crippen LogP contribution in [-0.2, 0) is 4.79 Å². The second kappa shape index (κ2) is 8.60. The van der Waals surface area contributed by atoms with E-state index in [9.17, 15) is 9.59 Å². The number of nitrogens with zero attached hydrogens (tertiary/aromatic N) is 2. The van der Waals surface area contributed by atoms with E-state index in [1.165, 1.54) is 12.1 Å². The highest BCUT2D eigenvalue weighted by atomic mass is 16.5. The highest BCUT2D eigenvalue weighted by molar-refractivity contribution is 5.91. The third-order valence-electron chi connectivity index (χ3n) is 4.32. The Labute approximate surface area is 168 Å². The summed E-state index contributed by atoms with van der Waals surface area (Å²) >= 11 is 0. The van der Waals surface area contributed by atoms with Gasteiger partial charge in [0.1, 0.15) is 11.6 Å². The van der Waals surface area contributed by atoms with Crippen LogP contribution < -0.4 is 10.1 Å². The van der Waals surface area contributed by atoms with Gasteiger partial charge in [-0.15, -0.1) is 0 Å². The quantitative estimate of drug-likeness (QED) is 0.626. The zero-order valence-corrected chi connectivity index (χ0v) is 16.5. The zero-order valence-electron chi connectivity index (χ0n) is 16.5. The zero-order chi connectivity index (χ0) is 21.0. The molecule has 0 unspecified atom stereocenters. The fourth-order valence-electron chi connectivity index (χ4n) is 2.88. The van der Waals surface area contributed by atoms with E-state index in [0.717, 1.165) is 17.0 Å². The van der Waals surface area contributed by atoms with Crippen molar-refractivity contribution >= 4 is 17.7 Å². The van der Waals surface area contributed by atoms with Crippen LogP contribution in [0.4, 0.5) is 5.82 Å². The van der Waals surface area contributed by atoms with E-state index >= 15 is 0 Å². The standard InChI is InChI=1S/C22H23N3O4/c1-14(2)12-21(26)23-20-13-19(15-4-6-16(7-5-15)22(27)28)24-25(20)17-8-10-18(29-3)11-9-17/h4-11,13-14H,12H2,1-3H3,(H,23,26)(H,27,28). The van der Waals surface area contributed by atoms with Crippen molar-refractivity contribution in [3.63, 3.8) is 0 Å². The molecule has 0 aliphatic carbocycles. The highest BCUT2D eigenvalue weighted by Gasteiger charge is 2.15. The minimum absolute atomic E-state index is 0.0950. The van der Waals surface area contributed by atoms with Crippen LogP contribution in [0.25, 0.3) is 16.9 Å². The van der Waals surface area contributed by atoms with Crippen LogP contribution in [0.3, 0.4) is 0 Å². The number of aromatic carboxylic acids is 1. The lowest BCUT2D eigenvalue weighted by atomic mass is 10.1. The molecule has 3 aromatic rings. The minimum Gasteiger partial charge on any atom is -0.497 e. The minimum atomic E-state index is -0.984. The number of nitrogens with one attached hydrogen (secondary N) is 1. The van der Waals surface area contributed by atoms with E-state index in [-0.39, 0.29) is 17.4 Å². The number of aromatic nitrogens is 2. The Morgan fingerprint density at radius 3 is 2.31 bits per heavy atom. The van der Waals surface area contributed by atoms with Crippen molar-refractivity contribution in [2.75, 3.05) is 12.4 Å². The molecule has 0 saturated carbocycles. The van der Waals surface area contributed by atoms with Crippen molar-refractivity contribution in [3.05, 3.63) is 60.2 Å². The van der Waals surface area contributed by atoms with Crippen molar-refractivity contribution in [3.8, 4) is 22.7 Å². The first kappa shape index (κ1) is 20.1. The summed E-state index contributed by atoms with van der Waals surface area (Å²) in [4.78, 5) is 23.4. The summed E-state index contributed by atoms with van der Waals surface area (Å²) in [6.45, 7) is 3.96. The Balaban J connectivity index is 1.99. The topological polar surface area (TPSA) is 93.5 Å². The predicted molar refractivity (Wildman–Crippen MR) is 111 cm³/mol. The molecule has 7 nitrogen and oxygen atoms in total. The Bertz CT molecular complexity index is 1010. The van der Waals surface area contributed by atoms with E-state index in [0.29, 0.717) is 17.9 Å². The summed E-state index contributed by atoms with van der Waals surface area (Å²) in [5.41, 5.74) is 2.34. The van der Waals surface area contributed by atoms with Crippen LogP contribution in [0.15, 0.2) is 54.6 Å². The molecule has 0 spiro atoms. The first-order chi connectivity index (χ1) is 13.9. The van der Waals surface area contributed by atoms with Crippen molar-refractivity contribution in [2.24, 2.45) is 5.92 Å². The maximum Gasteiger partial charge on any atom is 0.335 e. The average Bonchev–Trinajstić information content (AvgIpc) is 3.11. The second-order valence-corrected chi connectivity index (χ2v) is 7.05. The van der Waals surface area contributed by atoms with Gasteiger partial charge >= 0.3 is 5.97 Å². The third-order valence-corrected chi connectivity index (χ3v) is 4.32. The third kappa shape index (κ3) is 4.82. The molecule has 7 heteroatoms. The highest BCUT2D eigenvalue weighted by Crippen LogP contribution is 2.26. The molecular weight excluding hydrogens is 370 g/mol. The summed E-state index contributed by atoms with van der Waals surface area (Å²) in [5.74, 6) is 0.411. The van der Waals surface area contributed by atoms with Gasteiger partial charge in [-0.25, -0.2) is 9.48 Å². The van der Waals surface area contributed by atoms with Gasteiger partial charge in [-0.2, -0.15) is 5.10 Å². The van der Waals surface area contributed by atoms with Gasteiger partial charge in [0.25, 0.3) is 0 Å². The Morgan fingerprint density at radius 2 is 1.76 bits per heavy atom. The van der Waals surface area contributed by atoms with Gasteiger partial charge in [0, 0.05) is 18.1 Å². The molecule has 0 aliphatic rings. The fraction of sp³-hybridized carbons (Fsp3) is 0.227. The molecule has 2 aromatic carbocycles. The van der Waals surface area contributed by atoms with Gasteiger partial charge < -0.3 is 15.2 Å². The molecule has 0 atom stereocenters. The Hall–Kier alpha value is -3.61. The summed E-state index contributed by atoms with van der Waals surface area (Å²) in [6.07, 6.45) is 0.399. The number of carbonyl (C=O) groups excluding carboxylic acids is 1. The fourth-order valence-corrected chi connectivity index (χ4v) is 2.88. The lowest BCUT2D eigenvalue weighted by Crippen LogP contribution is -2.16. The Morgan fingerprint density at radius 1 is 1.10 bits per heavy atom. The lowest BCUT2D eigenvalue weighted by Gasteiger charge is -2.10. The monoisotopic (exact) mass is 393 g/mol. The maximum absolute atomic E-state index is 12.3. The van der Waals surface area contributed by atoms with Gasteiger partial charge in [0.15, 0.2) is 0 Å². The molecule has 0 aliphatic heterocycles. The molecule has 0 fully saturated rings. The molecule has 3 rings (SSSR count). The van der Waals surface area contributed by atoms with Crippen molar-refractivity contribution in [1.82, 2.24) is 9.78 Å². The van der Waals surface area contributed by atoms with Crippen molar-refractivity contribution in [2.45, 2.75) is 20.3 Å². The van der Waals surface area contributed by atoms with Crippen LogP contribution in [0.2, 0.25) is 0 Å². The molecule has 1 amide bonds. The van der Waals surface area contributed by atoms with Crippen LogP contribution in [0, 0.1) is 5.92 Å². The van der Waals surface area contributed by atoms with Gasteiger partial charge in [-0.1, -0.05) is 26.0 Å². The number of amides is 1. The molecule has 0 bridgehead atoms. The largest absolute Gasteiger partial charge is 0.497 e. The number of benzene rings is 2. The van der Waals surface area contributed by atoms with Crippen molar-refractivity contribution in [1.29, 1.82) is 0 Å². The molecule has 150 valence electrons. The number of hydrogen-bond donors (Lipinski definition) is 2. The van der Waals surface area contributed by atoms with E-state index in [4.69, 9.17) is 9.84 Å². The molecule has 2 N–H and O–H groups in total. The number of rotatable bonds is 7. The average molecular weight is 393 g/mol. The maximum atomic E-state index is 12.3. The molecule has 0 saturated heterocycles. The van der Waals surface area contributed by atoms with E-state index < -0.39 is 5.97 Å². The number of methoxy groups -OCH3 is 1. The summed E-state index contributed by atoms with van der Waals surface area (Å²) in [6, 6.07) is 15.6. The first-order valence-corrected chi connectivity index (χ1v) is 9.25. The number of hydrogen-bond acceptors (Lipinski definition) is 4. The van der Waals surface area contributed by atoms with Gasteiger partial charge in [0.2, 0.25) is 5.91 Å².